The van der Waals surface area contributed by atoms with Gasteiger partial charge < -0.3 is 16.0 Å². The predicted molar refractivity (Wildman–Crippen MR) is 163 cm³/mol. The number of aryl methyl sites for hydroxylation is 1. The maximum atomic E-state index is 13.1. The summed E-state index contributed by atoms with van der Waals surface area (Å²) in [6.07, 6.45) is 3.68. The molecule has 0 radical (unpaired) electrons. The quantitative estimate of drug-likeness (QED) is 0.260. The van der Waals surface area contributed by atoms with Crippen molar-refractivity contribution in [3.63, 3.8) is 0 Å². The van der Waals surface area contributed by atoms with Gasteiger partial charge in [0.25, 0.3) is 5.91 Å². The summed E-state index contributed by atoms with van der Waals surface area (Å²) in [6.45, 7) is 8.23. The van der Waals surface area contributed by atoms with Gasteiger partial charge in [-0.1, -0.05) is 24.1 Å². The van der Waals surface area contributed by atoms with Gasteiger partial charge in [-0.25, -0.2) is 4.98 Å². The molecule has 0 saturated carbocycles. The standard InChI is InChI=1S/C33H30N8O/c1-22-9-10-24(32(42)37-26-7-4-6-25(17-26)33(2,3)21-34)16-23(22)11-12-27-20-36-31-29(8-5-14-40(27)31)38-30-18-28-19-35-13-15-41(28)39-30/h4-10,14,16-18,20,35H,13,15,19H2,1-3H3,(H,37,42)(H,38,39). The molecule has 42 heavy (non-hydrogen) atoms. The van der Waals surface area contributed by atoms with Crippen LogP contribution in [0.2, 0.25) is 0 Å². The van der Waals surface area contributed by atoms with E-state index in [0.29, 0.717) is 11.3 Å². The molecule has 0 atom stereocenters. The second-order valence-corrected chi connectivity index (χ2v) is 10.9. The van der Waals surface area contributed by atoms with E-state index in [2.05, 4.69) is 50.0 Å². The van der Waals surface area contributed by atoms with Gasteiger partial charge in [0.2, 0.25) is 0 Å². The molecular weight excluding hydrogens is 524 g/mol. The van der Waals surface area contributed by atoms with Crippen LogP contribution in [-0.4, -0.2) is 31.6 Å². The van der Waals surface area contributed by atoms with Crippen LogP contribution in [0.4, 0.5) is 17.2 Å². The molecule has 0 saturated heterocycles. The number of hydrogen-bond donors (Lipinski definition) is 3. The van der Waals surface area contributed by atoms with Crippen LogP contribution >= 0.6 is 0 Å². The minimum atomic E-state index is -0.654. The number of nitrogens with one attached hydrogen (secondary N) is 3. The SMILES string of the molecule is Cc1ccc(C(=O)Nc2cccc(C(C)(C)C#N)c2)cc1C#Cc1cnc2c(Nc3cc4n(n3)CCNC4)cccn12. The fourth-order valence-corrected chi connectivity index (χ4v) is 4.88. The lowest BCUT2D eigenvalue weighted by Gasteiger charge is -2.17. The fraction of sp³-hybridized carbons (Fsp3) is 0.212. The number of imidazole rings is 1. The number of rotatable bonds is 5. The Morgan fingerprint density at radius 2 is 1.98 bits per heavy atom. The molecule has 0 unspecified atom stereocenters. The van der Waals surface area contributed by atoms with E-state index in [1.807, 2.05) is 78.5 Å². The van der Waals surface area contributed by atoms with E-state index in [0.717, 1.165) is 64.9 Å². The first-order valence-corrected chi connectivity index (χ1v) is 13.8. The number of nitriles is 1. The number of carbonyl (C=O) groups excluding carboxylic acids is 1. The van der Waals surface area contributed by atoms with Crippen molar-refractivity contribution in [3.8, 4) is 17.9 Å². The van der Waals surface area contributed by atoms with Crippen molar-refractivity contribution in [1.82, 2.24) is 24.5 Å². The third kappa shape index (κ3) is 5.34. The average Bonchev–Trinajstić information content (AvgIpc) is 3.61. The lowest BCUT2D eigenvalue weighted by atomic mass is 9.86. The maximum Gasteiger partial charge on any atom is 0.255 e. The molecular formula is C33H30N8O. The molecule has 0 fully saturated rings. The number of carbonyl (C=O) groups is 1. The van der Waals surface area contributed by atoms with Gasteiger partial charge in [0, 0.05) is 42.2 Å². The normalized spacial score (nSPS) is 12.6. The van der Waals surface area contributed by atoms with Crippen LogP contribution in [0.3, 0.4) is 0 Å². The summed E-state index contributed by atoms with van der Waals surface area (Å²) >= 11 is 0. The van der Waals surface area contributed by atoms with Crippen LogP contribution in [-0.2, 0) is 18.5 Å². The lowest BCUT2D eigenvalue weighted by molar-refractivity contribution is 0.102. The zero-order chi connectivity index (χ0) is 29.3. The molecule has 2 aromatic carbocycles. The van der Waals surface area contributed by atoms with E-state index in [4.69, 9.17) is 0 Å². The zero-order valence-electron chi connectivity index (χ0n) is 23.7. The molecule has 3 N–H and O–H groups in total. The average molecular weight is 555 g/mol. The second kappa shape index (κ2) is 10.9. The molecule has 0 aliphatic carbocycles. The molecule has 4 heterocycles. The van der Waals surface area contributed by atoms with Gasteiger partial charge in [-0.3, -0.25) is 13.9 Å². The summed E-state index contributed by atoms with van der Waals surface area (Å²) in [5, 5.41) is 23.9. The van der Waals surface area contributed by atoms with Crippen LogP contribution in [0, 0.1) is 30.1 Å². The number of benzene rings is 2. The van der Waals surface area contributed by atoms with Gasteiger partial charge in [-0.2, -0.15) is 10.4 Å². The van der Waals surface area contributed by atoms with Gasteiger partial charge in [0.05, 0.1) is 35.6 Å². The summed E-state index contributed by atoms with van der Waals surface area (Å²) in [6, 6.07) is 21.1. The van der Waals surface area contributed by atoms with Crippen molar-refractivity contribution >= 4 is 28.7 Å². The van der Waals surface area contributed by atoms with E-state index in [9.17, 15) is 10.1 Å². The summed E-state index contributed by atoms with van der Waals surface area (Å²) in [5.41, 5.74) is 6.50. The molecule has 0 bridgehead atoms. The monoisotopic (exact) mass is 554 g/mol. The zero-order valence-corrected chi connectivity index (χ0v) is 23.7. The lowest BCUT2D eigenvalue weighted by Crippen LogP contribution is -2.28. The highest BCUT2D eigenvalue weighted by molar-refractivity contribution is 6.04. The van der Waals surface area contributed by atoms with E-state index in [1.165, 1.54) is 0 Å². The summed E-state index contributed by atoms with van der Waals surface area (Å²) in [7, 11) is 0. The Kier molecular flexibility index (Phi) is 6.95. The first-order valence-electron chi connectivity index (χ1n) is 13.8. The Hall–Kier alpha value is -5.38. The largest absolute Gasteiger partial charge is 0.336 e. The molecule has 9 nitrogen and oxygen atoms in total. The second-order valence-electron chi connectivity index (χ2n) is 10.9. The number of fused-ring (bicyclic) bond motifs is 2. The Labute approximate surface area is 244 Å². The summed E-state index contributed by atoms with van der Waals surface area (Å²) < 4.78 is 3.96. The topological polar surface area (TPSA) is 112 Å². The first kappa shape index (κ1) is 26.8. The minimum absolute atomic E-state index is 0.243. The molecule has 9 heteroatoms. The van der Waals surface area contributed by atoms with E-state index in [1.54, 1.807) is 18.3 Å². The summed E-state index contributed by atoms with van der Waals surface area (Å²) in [4.78, 5) is 17.7. The van der Waals surface area contributed by atoms with Crippen LogP contribution in [0.25, 0.3) is 5.65 Å². The number of anilines is 3. The van der Waals surface area contributed by atoms with Crippen molar-refractivity contribution in [2.24, 2.45) is 0 Å². The fourth-order valence-electron chi connectivity index (χ4n) is 4.88. The number of aromatic nitrogens is 4. The minimum Gasteiger partial charge on any atom is -0.336 e. The molecule has 3 aromatic heterocycles. The van der Waals surface area contributed by atoms with E-state index in [-0.39, 0.29) is 5.91 Å². The summed E-state index contributed by atoms with van der Waals surface area (Å²) in [5.74, 6) is 7.01. The van der Waals surface area contributed by atoms with Gasteiger partial charge in [0.15, 0.2) is 11.5 Å². The smallest absolute Gasteiger partial charge is 0.255 e. The van der Waals surface area contributed by atoms with Crippen molar-refractivity contribution < 1.29 is 4.79 Å². The highest BCUT2D eigenvalue weighted by atomic mass is 16.1. The maximum absolute atomic E-state index is 13.1. The molecule has 208 valence electrons. The Balaban J connectivity index is 1.23. The van der Waals surface area contributed by atoms with Gasteiger partial charge in [-0.05, 0) is 74.2 Å². The Morgan fingerprint density at radius 3 is 2.81 bits per heavy atom. The first-order chi connectivity index (χ1) is 20.3. The number of hydrogen-bond acceptors (Lipinski definition) is 6. The highest BCUT2D eigenvalue weighted by Crippen LogP contribution is 2.25. The van der Waals surface area contributed by atoms with E-state index < -0.39 is 5.41 Å². The van der Waals surface area contributed by atoms with Crippen LogP contribution in [0.1, 0.15) is 52.3 Å². The van der Waals surface area contributed by atoms with Crippen molar-refractivity contribution in [2.75, 3.05) is 17.2 Å². The molecule has 1 aliphatic heterocycles. The molecule has 5 aromatic rings. The number of pyridine rings is 1. The van der Waals surface area contributed by atoms with Crippen molar-refractivity contribution in [1.29, 1.82) is 5.26 Å². The van der Waals surface area contributed by atoms with Gasteiger partial charge in [0.1, 0.15) is 5.69 Å². The predicted octanol–water partition coefficient (Wildman–Crippen LogP) is 5.14. The van der Waals surface area contributed by atoms with E-state index >= 15 is 0 Å². The molecule has 6 rings (SSSR count). The molecule has 1 aliphatic rings. The third-order valence-electron chi connectivity index (χ3n) is 7.41. The number of nitrogens with zero attached hydrogens (tertiary/aromatic N) is 5. The number of amides is 1. The van der Waals surface area contributed by atoms with Crippen LogP contribution in [0.15, 0.2) is 73.1 Å². The Morgan fingerprint density at radius 1 is 1.10 bits per heavy atom. The third-order valence-corrected chi connectivity index (χ3v) is 7.41. The highest BCUT2D eigenvalue weighted by Gasteiger charge is 2.20. The van der Waals surface area contributed by atoms with Gasteiger partial charge >= 0.3 is 0 Å². The van der Waals surface area contributed by atoms with Crippen LogP contribution < -0.4 is 16.0 Å². The molecule has 0 spiro atoms. The Bertz CT molecular complexity index is 1910. The van der Waals surface area contributed by atoms with Gasteiger partial charge in [-0.15, -0.1) is 0 Å². The molecule has 1 amide bonds. The van der Waals surface area contributed by atoms with Crippen LogP contribution in [0.5, 0.6) is 0 Å². The van der Waals surface area contributed by atoms with Crippen molar-refractivity contribution in [2.45, 2.75) is 39.3 Å². The van der Waals surface area contributed by atoms with Crippen molar-refractivity contribution in [3.05, 3.63) is 107 Å².